The summed E-state index contributed by atoms with van der Waals surface area (Å²) in [4.78, 5) is 26.0. The van der Waals surface area contributed by atoms with E-state index < -0.39 is 82.5 Å². The Hall–Kier alpha value is -4.36. The molecule has 2 heterocycles. The number of hydrogen-bond donors (Lipinski definition) is 7. The van der Waals surface area contributed by atoms with Crippen molar-refractivity contribution in [3.63, 3.8) is 0 Å². The lowest BCUT2D eigenvalue weighted by Gasteiger charge is -2.42. The largest absolute Gasteiger partial charge is 0.507 e. The number of rotatable bonds is 4. The molecule has 38 heavy (non-hydrogen) atoms. The molecule has 4 aromatic rings. The topological polar surface area (TPSA) is 207 Å². The first-order valence-electron chi connectivity index (χ1n) is 11.4. The van der Waals surface area contributed by atoms with Crippen molar-refractivity contribution < 1.29 is 54.4 Å². The Morgan fingerprint density at radius 3 is 2.24 bits per heavy atom. The van der Waals surface area contributed by atoms with E-state index in [1.165, 1.54) is 12.1 Å². The monoisotopic (exact) mass is 526 g/mol. The van der Waals surface area contributed by atoms with E-state index in [0.717, 1.165) is 18.2 Å². The van der Waals surface area contributed by atoms with E-state index in [2.05, 4.69) is 0 Å². The molecule has 1 aliphatic heterocycles. The highest BCUT2D eigenvalue weighted by molar-refractivity contribution is 5.96. The van der Waals surface area contributed by atoms with Crippen LogP contribution >= 0.6 is 0 Å². The zero-order valence-electron chi connectivity index (χ0n) is 19.4. The smallest absolute Gasteiger partial charge is 0.338 e. The van der Waals surface area contributed by atoms with Crippen LogP contribution in [0.3, 0.4) is 0 Å². The first-order valence-corrected chi connectivity index (χ1v) is 11.4. The summed E-state index contributed by atoms with van der Waals surface area (Å²) >= 11 is 0. The number of aromatic hydroxyl groups is 4. The van der Waals surface area contributed by atoms with Gasteiger partial charge in [-0.3, -0.25) is 4.79 Å². The Bertz CT molecular complexity index is 1600. The molecule has 1 aliphatic rings. The molecular formula is C26H22O12. The number of carbonyl (C=O) groups is 1. The zero-order chi connectivity index (χ0) is 27.3. The minimum absolute atomic E-state index is 0.0966. The summed E-state index contributed by atoms with van der Waals surface area (Å²) < 4.78 is 16.6. The number of aliphatic hydroxyl groups excluding tert-OH is 3. The molecule has 7 N–H and O–H groups in total. The van der Waals surface area contributed by atoms with Crippen LogP contribution in [0.4, 0.5) is 0 Å². The Labute approximate surface area is 212 Å². The Balaban J connectivity index is 1.68. The number of carbonyl (C=O) groups excluding carboxylic acids is 1. The van der Waals surface area contributed by atoms with Crippen LogP contribution in [-0.4, -0.2) is 72.7 Å². The van der Waals surface area contributed by atoms with Crippen molar-refractivity contribution in [3.8, 4) is 23.0 Å². The first kappa shape index (κ1) is 25.3. The number of hydrogen-bond acceptors (Lipinski definition) is 12. The summed E-state index contributed by atoms with van der Waals surface area (Å²) in [5.41, 5.74) is -1.67. The minimum Gasteiger partial charge on any atom is -0.507 e. The second kappa shape index (κ2) is 9.50. The maximum absolute atomic E-state index is 13.2. The lowest BCUT2D eigenvalue weighted by Crippen LogP contribution is -2.56. The third-order valence-corrected chi connectivity index (χ3v) is 6.45. The number of ether oxygens (including phenoxy) is 2. The number of aliphatic hydroxyl groups is 3. The molecule has 0 aliphatic carbocycles. The van der Waals surface area contributed by atoms with Gasteiger partial charge < -0.3 is 49.6 Å². The molecular weight excluding hydrogens is 504 g/mol. The summed E-state index contributed by atoms with van der Waals surface area (Å²) in [7, 11) is 0. The minimum atomic E-state index is -1.83. The molecule has 0 saturated carbocycles. The van der Waals surface area contributed by atoms with Gasteiger partial charge >= 0.3 is 5.97 Å². The number of benzene rings is 3. The highest BCUT2D eigenvalue weighted by atomic mass is 16.6. The SMILES string of the molecule is O=C(O[C@H]1[C@@H](O)[C@H](O)[C@@H](CO)O[C@H]1c1c(O)cc2oc3cc(O)c(O)cc3c(=O)c2c1O)c1ccccc1. The van der Waals surface area contributed by atoms with Crippen molar-refractivity contribution >= 4 is 27.9 Å². The van der Waals surface area contributed by atoms with Gasteiger partial charge in [0.1, 0.15) is 52.5 Å². The zero-order valence-corrected chi connectivity index (χ0v) is 19.4. The number of phenols is 4. The van der Waals surface area contributed by atoms with Gasteiger partial charge in [-0.1, -0.05) is 18.2 Å². The summed E-state index contributed by atoms with van der Waals surface area (Å²) in [5.74, 6) is -3.64. The van der Waals surface area contributed by atoms with Crippen LogP contribution in [0.15, 0.2) is 57.7 Å². The number of fused-ring (bicyclic) bond motifs is 2. The van der Waals surface area contributed by atoms with Crippen molar-refractivity contribution in [2.45, 2.75) is 30.5 Å². The van der Waals surface area contributed by atoms with Gasteiger partial charge in [0, 0.05) is 12.1 Å². The van der Waals surface area contributed by atoms with Gasteiger partial charge in [-0.2, -0.15) is 0 Å². The van der Waals surface area contributed by atoms with E-state index >= 15 is 0 Å². The molecule has 0 radical (unpaired) electrons. The summed E-state index contributed by atoms with van der Waals surface area (Å²) in [5, 5.41) is 71.8. The Morgan fingerprint density at radius 2 is 1.55 bits per heavy atom. The van der Waals surface area contributed by atoms with Crippen molar-refractivity contribution in [2.24, 2.45) is 0 Å². The molecule has 0 unspecified atom stereocenters. The number of phenolic OH excluding ortho intramolecular Hbond substituents is 4. The van der Waals surface area contributed by atoms with Gasteiger partial charge in [0.2, 0.25) is 5.43 Å². The highest BCUT2D eigenvalue weighted by Crippen LogP contribution is 2.46. The number of esters is 1. The fraction of sp³-hybridized carbons (Fsp3) is 0.231. The molecule has 5 atom stereocenters. The molecule has 12 nitrogen and oxygen atoms in total. The maximum atomic E-state index is 13.2. The molecule has 198 valence electrons. The maximum Gasteiger partial charge on any atom is 0.338 e. The van der Waals surface area contributed by atoms with Crippen LogP contribution in [0.5, 0.6) is 23.0 Å². The second-order valence-electron chi connectivity index (χ2n) is 8.79. The van der Waals surface area contributed by atoms with Gasteiger partial charge in [0.05, 0.1) is 23.1 Å². The summed E-state index contributed by atoms with van der Waals surface area (Å²) in [6.45, 7) is -0.779. The average Bonchev–Trinajstić information content (AvgIpc) is 2.89. The van der Waals surface area contributed by atoms with E-state index in [9.17, 15) is 45.3 Å². The molecule has 0 amide bonds. The third kappa shape index (κ3) is 4.05. The average molecular weight is 526 g/mol. The Morgan fingerprint density at radius 1 is 0.895 bits per heavy atom. The van der Waals surface area contributed by atoms with Crippen LogP contribution in [-0.2, 0) is 9.47 Å². The Kier molecular flexibility index (Phi) is 6.33. The predicted octanol–water partition coefficient (Wildman–Crippen LogP) is 1.15. The van der Waals surface area contributed by atoms with Gasteiger partial charge in [0.25, 0.3) is 0 Å². The second-order valence-corrected chi connectivity index (χ2v) is 8.79. The summed E-state index contributed by atoms with van der Waals surface area (Å²) in [6.07, 6.45) is -8.32. The molecule has 12 heteroatoms. The van der Waals surface area contributed by atoms with Crippen molar-refractivity contribution in [2.75, 3.05) is 6.61 Å². The van der Waals surface area contributed by atoms with E-state index in [-0.39, 0.29) is 22.1 Å². The molecule has 3 aromatic carbocycles. The molecule has 0 bridgehead atoms. The van der Waals surface area contributed by atoms with E-state index in [1.54, 1.807) is 18.2 Å². The van der Waals surface area contributed by atoms with Crippen LogP contribution in [0.2, 0.25) is 0 Å². The highest BCUT2D eigenvalue weighted by Gasteiger charge is 2.49. The van der Waals surface area contributed by atoms with Gasteiger partial charge in [-0.25, -0.2) is 4.79 Å². The lowest BCUT2D eigenvalue weighted by atomic mass is 9.89. The fourth-order valence-electron chi connectivity index (χ4n) is 4.52. The first-order chi connectivity index (χ1) is 18.1. The lowest BCUT2D eigenvalue weighted by molar-refractivity contribution is -0.232. The summed E-state index contributed by atoms with van der Waals surface area (Å²) in [6, 6.07) is 10.6. The normalized spacial score (nSPS) is 23.5. The molecule has 1 aromatic heterocycles. The quantitative estimate of drug-likeness (QED) is 0.114. The van der Waals surface area contributed by atoms with E-state index in [0.29, 0.717) is 0 Å². The van der Waals surface area contributed by atoms with Crippen molar-refractivity contribution in [1.82, 2.24) is 0 Å². The standard InChI is InChI=1S/C26H22O12/c27-9-17-21(32)23(34)25(38-26(35)10-4-2-1-3-5-10)24(37-17)18-14(30)8-16-19(22(18)33)20(31)11-6-12(28)13(29)7-15(11)36-16/h1-8,17,21,23-25,27-30,32-34H,9H2/t17-,21-,23+,24+,25+/m1/s1. The van der Waals surface area contributed by atoms with Crippen LogP contribution in [0.25, 0.3) is 21.9 Å². The molecule has 0 spiro atoms. The van der Waals surface area contributed by atoms with Crippen LogP contribution in [0, 0.1) is 0 Å². The third-order valence-electron chi connectivity index (χ3n) is 6.45. The van der Waals surface area contributed by atoms with E-state index in [1.807, 2.05) is 0 Å². The van der Waals surface area contributed by atoms with Crippen molar-refractivity contribution in [3.05, 3.63) is 69.9 Å². The molecule has 5 rings (SSSR count). The fourth-order valence-corrected chi connectivity index (χ4v) is 4.52. The van der Waals surface area contributed by atoms with Gasteiger partial charge in [-0.05, 0) is 18.2 Å². The predicted molar refractivity (Wildman–Crippen MR) is 129 cm³/mol. The van der Waals surface area contributed by atoms with Crippen molar-refractivity contribution in [1.29, 1.82) is 0 Å². The molecule has 1 fully saturated rings. The molecule has 1 saturated heterocycles. The van der Waals surface area contributed by atoms with E-state index in [4.69, 9.17) is 13.9 Å². The van der Waals surface area contributed by atoms with Crippen LogP contribution < -0.4 is 5.43 Å². The van der Waals surface area contributed by atoms with Crippen LogP contribution in [0.1, 0.15) is 22.0 Å². The van der Waals surface area contributed by atoms with Gasteiger partial charge in [-0.15, -0.1) is 0 Å². The van der Waals surface area contributed by atoms with Gasteiger partial charge in [0.15, 0.2) is 17.6 Å².